The number of para-hydroxylation sites is 1. The van der Waals surface area contributed by atoms with E-state index >= 15 is 0 Å². The van der Waals surface area contributed by atoms with Crippen molar-refractivity contribution in [1.82, 2.24) is 0 Å². The molecule has 0 aliphatic carbocycles. The van der Waals surface area contributed by atoms with Gasteiger partial charge in [0.05, 0.1) is 4.90 Å². The quantitative estimate of drug-likeness (QED) is 0.533. The van der Waals surface area contributed by atoms with Gasteiger partial charge in [-0.05, 0) is 35.0 Å². The molecule has 0 aromatic heterocycles. The van der Waals surface area contributed by atoms with Gasteiger partial charge in [0, 0.05) is 5.69 Å². The SMILES string of the molecule is Nc1ccccc1.O=S(=O)(O)c1ccc2ccccc2c1. The Labute approximate surface area is 123 Å². The van der Waals surface area contributed by atoms with E-state index in [1.165, 1.54) is 12.1 Å². The van der Waals surface area contributed by atoms with E-state index in [1.807, 2.05) is 48.5 Å². The Balaban J connectivity index is 0.000000194. The summed E-state index contributed by atoms with van der Waals surface area (Å²) in [6.45, 7) is 0. The molecule has 0 amide bonds. The standard InChI is InChI=1S/C10H8O3S.C6H7N/c11-14(12,13)10-6-5-8-3-1-2-4-9(8)7-10;7-6-4-2-1-3-5-6/h1-7H,(H,11,12,13);1-5H,7H2. The molecule has 0 spiro atoms. The van der Waals surface area contributed by atoms with Gasteiger partial charge in [0.1, 0.15) is 0 Å². The zero-order chi connectivity index (χ0) is 15.3. The first kappa shape index (κ1) is 15.0. The molecule has 3 rings (SSSR count). The molecule has 0 heterocycles. The largest absolute Gasteiger partial charge is 0.399 e. The summed E-state index contributed by atoms with van der Waals surface area (Å²) >= 11 is 0. The highest BCUT2D eigenvalue weighted by Gasteiger charge is 2.08. The van der Waals surface area contributed by atoms with Gasteiger partial charge in [-0.25, -0.2) is 0 Å². The molecule has 0 unspecified atom stereocenters. The van der Waals surface area contributed by atoms with E-state index in [2.05, 4.69) is 0 Å². The van der Waals surface area contributed by atoms with Crippen LogP contribution in [0.2, 0.25) is 0 Å². The smallest absolute Gasteiger partial charge is 0.294 e. The van der Waals surface area contributed by atoms with Crippen LogP contribution in [0.5, 0.6) is 0 Å². The second-order valence-electron chi connectivity index (χ2n) is 4.39. The lowest BCUT2D eigenvalue weighted by molar-refractivity contribution is 0.483. The Kier molecular flexibility index (Phi) is 4.57. The third kappa shape index (κ3) is 4.30. The van der Waals surface area contributed by atoms with E-state index in [0.717, 1.165) is 16.5 Å². The number of hydrogen-bond acceptors (Lipinski definition) is 3. The number of benzene rings is 3. The van der Waals surface area contributed by atoms with Crippen LogP contribution in [0.15, 0.2) is 77.7 Å². The fraction of sp³-hybridized carbons (Fsp3) is 0. The maximum absolute atomic E-state index is 10.8. The van der Waals surface area contributed by atoms with E-state index in [-0.39, 0.29) is 4.90 Å². The summed E-state index contributed by atoms with van der Waals surface area (Å²) in [6, 6.07) is 21.3. The van der Waals surface area contributed by atoms with Gasteiger partial charge in [0.25, 0.3) is 10.1 Å². The van der Waals surface area contributed by atoms with Gasteiger partial charge in [-0.1, -0.05) is 48.5 Å². The van der Waals surface area contributed by atoms with Crippen LogP contribution in [0.1, 0.15) is 0 Å². The van der Waals surface area contributed by atoms with E-state index < -0.39 is 10.1 Å². The molecular formula is C16H15NO3S. The second-order valence-corrected chi connectivity index (χ2v) is 5.82. The summed E-state index contributed by atoms with van der Waals surface area (Å²) in [4.78, 5) is -0.0730. The lowest BCUT2D eigenvalue weighted by Crippen LogP contribution is -1.97. The lowest BCUT2D eigenvalue weighted by atomic mass is 10.1. The Bertz CT molecular complexity index is 830. The number of hydrogen-bond donors (Lipinski definition) is 2. The predicted molar refractivity (Wildman–Crippen MR) is 84.6 cm³/mol. The van der Waals surface area contributed by atoms with Gasteiger partial charge in [-0.15, -0.1) is 0 Å². The van der Waals surface area contributed by atoms with Crippen LogP contribution in [0.4, 0.5) is 5.69 Å². The number of nitrogens with two attached hydrogens (primary N) is 1. The Morgan fingerprint density at radius 1 is 0.762 bits per heavy atom. The van der Waals surface area contributed by atoms with Crippen LogP contribution in [-0.4, -0.2) is 13.0 Å². The first-order chi connectivity index (χ1) is 9.97. The third-order valence-corrected chi connectivity index (χ3v) is 3.67. The van der Waals surface area contributed by atoms with E-state index in [1.54, 1.807) is 12.1 Å². The summed E-state index contributed by atoms with van der Waals surface area (Å²) in [5.74, 6) is 0. The molecule has 108 valence electrons. The van der Waals surface area contributed by atoms with Crippen molar-refractivity contribution in [3.05, 3.63) is 72.8 Å². The molecular weight excluding hydrogens is 286 g/mol. The fourth-order valence-electron chi connectivity index (χ4n) is 1.78. The molecule has 0 fully saturated rings. The molecule has 5 heteroatoms. The molecule has 3 aromatic rings. The van der Waals surface area contributed by atoms with Crippen molar-refractivity contribution < 1.29 is 13.0 Å². The van der Waals surface area contributed by atoms with Crippen molar-refractivity contribution in [3.63, 3.8) is 0 Å². The average molecular weight is 301 g/mol. The number of rotatable bonds is 1. The second kappa shape index (κ2) is 6.39. The zero-order valence-corrected chi connectivity index (χ0v) is 12.0. The summed E-state index contributed by atoms with van der Waals surface area (Å²) in [5.41, 5.74) is 6.18. The van der Waals surface area contributed by atoms with Crippen LogP contribution in [-0.2, 0) is 10.1 Å². The molecule has 3 N–H and O–H groups in total. The topological polar surface area (TPSA) is 80.4 Å². The average Bonchev–Trinajstić information content (AvgIpc) is 2.47. The van der Waals surface area contributed by atoms with Crippen molar-refractivity contribution in [2.24, 2.45) is 0 Å². The van der Waals surface area contributed by atoms with Crippen LogP contribution >= 0.6 is 0 Å². The molecule has 0 atom stereocenters. The molecule has 0 saturated heterocycles. The Morgan fingerprint density at radius 3 is 1.86 bits per heavy atom. The predicted octanol–water partition coefficient (Wildman–Crippen LogP) is 3.36. The van der Waals surface area contributed by atoms with E-state index in [0.29, 0.717) is 0 Å². The van der Waals surface area contributed by atoms with E-state index in [9.17, 15) is 8.42 Å². The number of nitrogen functional groups attached to an aromatic ring is 1. The molecule has 0 aliphatic heterocycles. The van der Waals surface area contributed by atoms with Gasteiger partial charge in [-0.3, -0.25) is 4.55 Å². The van der Waals surface area contributed by atoms with Crippen molar-refractivity contribution in [1.29, 1.82) is 0 Å². The normalized spacial score (nSPS) is 10.7. The molecule has 21 heavy (non-hydrogen) atoms. The summed E-state index contributed by atoms with van der Waals surface area (Å²) < 4.78 is 30.5. The summed E-state index contributed by atoms with van der Waals surface area (Å²) in [5, 5.41) is 1.74. The maximum Gasteiger partial charge on any atom is 0.294 e. The van der Waals surface area contributed by atoms with Crippen molar-refractivity contribution in [2.45, 2.75) is 4.90 Å². The van der Waals surface area contributed by atoms with Gasteiger partial charge in [0.15, 0.2) is 0 Å². The molecule has 0 bridgehead atoms. The fourth-order valence-corrected chi connectivity index (χ4v) is 2.30. The number of anilines is 1. The molecule has 3 aromatic carbocycles. The van der Waals surface area contributed by atoms with Crippen molar-refractivity contribution in [2.75, 3.05) is 5.73 Å². The minimum absolute atomic E-state index is 0.0730. The van der Waals surface area contributed by atoms with Crippen molar-refractivity contribution in [3.8, 4) is 0 Å². The maximum atomic E-state index is 10.8. The zero-order valence-electron chi connectivity index (χ0n) is 11.2. The van der Waals surface area contributed by atoms with Gasteiger partial charge >= 0.3 is 0 Å². The summed E-state index contributed by atoms with van der Waals surface area (Å²) in [6.07, 6.45) is 0. The molecule has 0 saturated carbocycles. The van der Waals surface area contributed by atoms with Gasteiger partial charge < -0.3 is 5.73 Å². The highest BCUT2D eigenvalue weighted by molar-refractivity contribution is 7.85. The highest BCUT2D eigenvalue weighted by atomic mass is 32.2. The highest BCUT2D eigenvalue weighted by Crippen LogP contribution is 2.18. The Hall–Kier alpha value is -2.37. The lowest BCUT2D eigenvalue weighted by Gasteiger charge is -1.99. The molecule has 0 radical (unpaired) electrons. The van der Waals surface area contributed by atoms with Gasteiger partial charge in [-0.2, -0.15) is 8.42 Å². The third-order valence-electron chi connectivity index (χ3n) is 2.82. The van der Waals surface area contributed by atoms with Crippen LogP contribution in [0.25, 0.3) is 10.8 Å². The molecule has 0 aliphatic rings. The van der Waals surface area contributed by atoms with Crippen LogP contribution in [0.3, 0.4) is 0 Å². The molecule has 4 nitrogen and oxygen atoms in total. The van der Waals surface area contributed by atoms with Crippen molar-refractivity contribution >= 4 is 26.6 Å². The number of fused-ring (bicyclic) bond motifs is 1. The minimum atomic E-state index is -4.09. The van der Waals surface area contributed by atoms with E-state index in [4.69, 9.17) is 10.3 Å². The van der Waals surface area contributed by atoms with Crippen LogP contribution in [0, 0.1) is 0 Å². The summed E-state index contributed by atoms with van der Waals surface area (Å²) in [7, 11) is -4.09. The minimum Gasteiger partial charge on any atom is -0.399 e. The first-order valence-corrected chi connectivity index (χ1v) is 7.67. The van der Waals surface area contributed by atoms with Gasteiger partial charge in [0.2, 0.25) is 0 Å². The first-order valence-electron chi connectivity index (χ1n) is 6.23. The van der Waals surface area contributed by atoms with Crippen LogP contribution < -0.4 is 5.73 Å². The monoisotopic (exact) mass is 301 g/mol. The Morgan fingerprint density at radius 2 is 1.33 bits per heavy atom.